The van der Waals surface area contributed by atoms with E-state index in [1.165, 1.54) is 29.4 Å². The highest BCUT2D eigenvalue weighted by Crippen LogP contribution is 2.46. The minimum Gasteiger partial charge on any atom is -0.486 e. The lowest BCUT2D eigenvalue weighted by Gasteiger charge is -2.40. The number of ether oxygens (including phenoxy) is 2. The van der Waals surface area contributed by atoms with Crippen LogP contribution < -0.4 is 14.5 Å². The van der Waals surface area contributed by atoms with Gasteiger partial charge < -0.3 is 24.4 Å². The fourth-order valence-electron chi connectivity index (χ4n) is 6.40. The first kappa shape index (κ1) is 26.3. The molecule has 7 rings (SSSR count). The molecule has 3 aromatic rings. The highest BCUT2D eigenvalue weighted by Gasteiger charge is 2.41. The number of hydrogen-bond acceptors (Lipinski definition) is 10. The van der Waals surface area contributed by atoms with E-state index in [9.17, 15) is 5.11 Å². The van der Waals surface area contributed by atoms with Gasteiger partial charge >= 0.3 is 0 Å². The van der Waals surface area contributed by atoms with Gasteiger partial charge in [0.05, 0.1) is 23.7 Å². The first-order chi connectivity index (χ1) is 19.1. The average molecular weight is 549 g/mol. The van der Waals surface area contributed by atoms with Crippen LogP contribution in [0.15, 0.2) is 46.7 Å². The molecular weight excluding hydrogens is 512 g/mol. The molecule has 1 spiro atoms. The van der Waals surface area contributed by atoms with Gasteiger partial charge in [-0.15, -0.1) is 0 Å². The topological polar surface area (TPSA) is 96.7 Å². The standard InChI is InChI=1S/C27H30N6O2S.C2H6O/c34-16-21-25(32-11-6-27(7-12-32)13-18-3-1-8-28-20(18)14-27)30-15-23(31-21)36-22-5-9-29-26-24(22)35-17-19-4-2-10-33(19)26;1-3-2/h1,3,5,8-9,15,19,34H,2,4,6-7,10-14,16-17H2;1-2H3. The molecule has 1 unspecified atom stereocenters. The molecule has 0 saturated carbocycles. The summed E-state index contributed by atoms with van der Waals surface area (Å²) >= 11 is 1.53. The molecule has 9 nitrogen and oxygen atoms in total. The van der Waals surface area contributed by atoms with Crippen molar-refractivity contribution in [1.29, 1.82) is 0 Å². The van der Waals surface area contributed by atoms with Crippen molar-refractivity contribution in [2.24, 2.45) is 5.41 Å². The molecule has 4 aliphatic rings. The minimum absolute atomic E-state index is 0.131. The van der Waals surface area contributed by atoms with Crippen LogP contribution in [0.4, 0.5) is 11.6 Å². The van der Waals surface area contributed by atoms with Gasteiger partial charge in [-0.1, -0.05) is 17.8 Å². The van der Waals surface area contributed by atoms with Crippen molar-refractivity contribution in [3.63, 3.8) is 0 Å². The molecule has 39 heavy (non-hydrogen) atoms. The van der Waals surface area contributed by atoms with Crippen molar-refractivity contribution in [3.8, 4) is 5.75 Å². The van der Waals surface area contributed by atoms with Gasteiger partial charge in [0, 0.05) is 51.9 Å². The van der Waals surface area contributed by atoms with Crippen molar-refractivity contribution < 1.29 is 14.6 Å². The van der Waals surface area contributed by atoms with Crippen LogP contribution in [-0.2, 0) is 24.2 Å². The largest absolute Gasteiger partial charge is 0.486 e. The summed E-state index contributed by atoms with van der Waals surface area (Å²) < 4.78 is 10.4. The average Bonchev–Trinajstić information content (AvgIpc) is 3.59. The molecular formula is C29H36N6O3S. The highest BCUT2D eigenvalue weighted by atomic mass is 32.2. The van der Waals surface area contributed by atoms with Crippen molar-refractivity contribution in [2.45, 2.75) is 61.1 Å². The van der Waals surface area contributed by atoms with Crippen LogP contribution in [0.25, 0.3) is 0 Å². The van der Waals surface area contributed by atoms with Crippen molar-refractivity contribution in [3.05, 3.63) is 53.7 Å². The lowest BCUT2D eigenvalue weighted by Crippen LogP contribution is -2.41. The molecule has 3 aliphatic heterocycles. The number of aliphatic hydroxyl groups is 1. The number of rotatable bonds is 4. The van der Waals surface area contributed by atoms with Crippen molar-refractivity contribution in [1.82, 2.24) is 19.9 Å². The summed E-state index contributed by atoms with van der Waals surface area (Å²) in [6, 6.07) is 6.69. The van der Waals surface area contributed by atoms with Crippen LogP contribution in [-0.4, -0.2) is 71.5 Å². The Morgan fingerprint density at radius 3 is 2.72 bits per heavy atom. The van der Waals surface area contributed by atoms with Crippen LogP contribution in [0.5, 0.6) is 5.75 Å². The molecule has 3 aromatic heterocycles. The van der Waals surface area contributed by atoms with E-state index in [2.05, 4.69) is 30.6 Å². The Hall–Kier alpha value is -2.95. The number of fused-ring (bicyclic) bond motifs is 4. The van der Waals surface area contributed by atoms with E-state index in [1.54, 1.807) is 14.2 Å². The van der Waals surface area contributed by atoms with Crippen LogP contribution in [0.1, 0.15) is 42.6 Å². The fourth-order valence-corrected chi connectivity index (χ4v) is 7.26. The lowest BCUT2D eigenvalue weighted by molar-refractivity contribution is 0.229. The normalized spacial score (nSPS) is 20.5. The molecule has 0 amide bonds. The van der Waals surface area contributed by atoms with Gasteiger partial charge in [-0.05, 0) is 61.6 Å². The first-order valence-corrected chi connectivity index (χ1v) is 14.6. The quantitative estimate of drug-likeness (QED) is 0.517. The molecule has 0 bridgehead atoms. The third-order valence-corrected chi connectivity index (χ3v) is 9.25. The monoisotopic (exact) mass is 548 g/mol. The van der Waals surface area contributed by atoms with Gasteiger partial charge in [-0.3, -0.25) is 4.98 Å². The summed E-state index contributed by atoms with van der Waals surface area (Å²) in [5, 5.41) is 10.9. The zero-order chi connectivity index (χ0) is 26.8. The second kappa shape index (κ2) is 11.3. The zero-order valence-corrected chi connectivity index (χ0v) is 23.5. The molecule has 1 aliphatic carbocycles. The van der Waals surface area contributed by atoms with Gasteiger partial charge in [-0.25, -0.2) is 15.0 Å². The number of methoxy groups -OCH3 is 1. The Balaban J connectivity index is 0.000000883. The Labute approximate surface area is 234 Å². The molecule has 206 valence electrons. The molecule has 6 heterocycles. The molecule has 2 fully saturated rings. The Kier molecular flexibility index (Phi) is 7.59. The van der Waals surface area contributed by atoms with E-state index in [1.807, 2.05) is 30.7 Å². The maximum absolute atomic E-state index is 10.2. The van der Waals surface area contributed by atoms with Gasteiger partial charge in [0.25, 0.3) is 0 Å². The van der Waals surface area contributed by atoms with Crippen LogP contribution in [0.3, 0.4) is 0 Å². The molecule has 0 aromatic carbocycles. The highest BCUT2D eigenvalue weighted by molar-refractivity contribution is 7.99. The summed E-state index contributed by atoms with van der Waals surface area (Å²) in [5.41, 5.74) is 3.62. The van der Waals surface area contributed by atoms with Crippen molar-refractivity contribution in [2.75, 3.05) is 50.3 Å². The van der Waals surface area contributed by atoms with Crippen molar-refractivity contribution >= 4 is 23.4 Å². The van der Waals surface area contributed by atoms with Gasteiger partial charge in [0.15, 0.2) is 17.4 Å². The number of pyridine rings is 2. The third kappa shape index (κ3) is 5.17. The fraction of sp³-hybridized carbons (Fsp3) is 0.517. The van der Waals surface area contributed by atoms with Crippen LogP contribution in [0, 0.1) is 5.41 Å². The summed E-state index contributed by atoms with van der Waals surface area (Å²) in [4.78, 5) is 24.5. The van der Waals surface area contributed by atoms with E-state index in [0.717, 1.165) is 79.0 Å². The summed E-state index contributed by atoms with van der Waals surface area (Å²) in [7, 11) is 3.25. The van der Waals surface area contributed by atoms with E-state index >= 15 is 0 Å². The predicted octanol–water partition coefficient (Wildman–Crippen LogP) is 3.92. The van der Waals surface area contributed by atoms with Gasteiger partial charge in [-0.2, -0.15) is 0 Å². The SMILES string of the molecule is COC.OCc1nc(Sc2ccnc3c2OCC2CCCN32)cnc1N1CCC2(CC1)Cc1cccnc1C2. The Bertz CT molecular complexity index is 1290. The molecule has 1 atom stereocenters. The Morgan fingerprint density at radius 1 is 1.08 bits per heavy atom. The molecule has 2 saturated heterocycles. The van der Waals surface area contributed by atoms with Crippen LogP contribution in [0.2, 0.25) is 0 Å². The molecule has 0 radical (unpaired) electrons. The van der Waals surface area contributed by atoms with Gasteiger partial charge in [0.2, 0.25) is 0 Å². The van der Waals surface area contributed by atoms with E-state index in [-0.39, 0.29) is 6.61 Å². The smallest absolute Gasteiger partial charge is 0.175 e. The van der Waals surface area contributed by atoms with Gasteiger partial charge in [0.1, 0.15) is 17.3 Å². The summed E-state index contributed by atoms with van der Waals surface area (Å²) in [6.07, 6.45) is 12.3. The number of nitrogens with zero attached hydrogens (tertiary/aromatic N) is 6. The number of aliphatic hydroxyl groups excluding tert-OH is 1. The second-order valence-electron chi connectivity index (χ2n) is 10.9. The maximum Gasteiger partial charge on any atom is 0.175 e. The summed E-state index contributed by atoms with van der Waals surface area (Å²) in [5.74, 6) is 2.58. The lowest BCUT2D eigenvalue weighted by atomic mass is 9.76. The number of piperidine rings is 1. The molecule has 10 heteroatoms. The molecule has 1 N–H and O–H groups in total. The number of hydrogen-bond donors (Lipinski definition) is 1. The zero-order valence-electron chi connectivity index (χ0n) is 22.7. The summed E-state index contributed by atoms with van der Waals surface area (Å²) in [6.45, 7) is 3.45. The minimum atomic E-state index is -0.131. The van der Waals surface area contributed by atoms with Crippen LogP contribution >= 0.6 is 11.8 Å². The first-order valence-electron chi connectivity index (χ1n) is 13.7. The maximum atomic E-state index is 10.2. The van der Waals surface area contributed by atoms with E-state index < -0.39 is 0 Å². The number of aromatic nitrogens is 4. The number of anilines is 2. The predicted molar refractivity (Wildman–Crippen MR) is 151 cm³/mol. The second-order valence-corrected chi connectivity index (χ2v) is 11.9. The third-order valence-electron chi connectivity index (χ3n) is 8.30. The van der Waals surface area contributed by atoms with E-state index in [4.69, 9.17) is 14.7 Å². The Morgan fingerprint density at radius 2 is 1.92 bits per heavy atom. The van der Waals surface area contributed by atoms with E-state index in [0.29, 0.717) is 23.8 Å².